The normalized spacial score (nSPS) is 20.1. The summed E-state index contributed by atoms with van der Waals surface area (Å²) in [4.78, 5) is 19.6. The first-order valence-corrected chi connectivity index (χ1v) is 10.1. The number of benzene rings is 1. The van der Waals surface area contributed by atoms with Gasteiger partial charge >= 0.3 is 0 Å². The smallest absolute Gasteiger partial charge is 0.232 e. The molecule has 2 aliphatic rings. The van der Waals surface area contributed by atoms with Crippen LogP contribution in [0.5, 0.6) is 11.5 Å². The Hall–Kier alpha value is -3.23. The molecule has 154 valence electrons. The van der Waals surface area contributed by atoms with Crippen LogP contribution in [0.2, 0.25) is 0 Å². The van der Waals surface area contributed by atoms with Crippen molar-refractivity contribution in [2.45, 2.75) is 25.4 Å². The molecule has 0 unspecified atom stereocenters. The molecule has 1 aromatic carbocycles. The zero-order valence-corrected chi connectivity index (χ0v) is 16.7. The fourth-order valence-electron chi connectivity index (χ4n) is 4.31. The molecule has 2 aromatic heterocycles. The summed E-state index contributed by atoms with van der Waals surface area (Å²) in [6.07, 6.45) is 5.55. The van der Waals surface area contributed by atoms with E-state index in [-0.39, 0.29) is 11.5 Å². The highest BCUT2D eigenvalue weighted by molar-refractivity contribution is 6.15. The number of H-pyrrole nitrogens is 1. The quantitative estimate of drug-likeness (QED) is 0.628. The SMILES string of the molecule is COc1ccc2c(c1CN1CCC[C@@H]1CN)O/C(=C\c1n[nH]c3ncccc13)C2=O. The monoisotopic (exact) mass is 405 g/mol. The number of allylic oxidation sites excluding steroid dienone is 1. The van der Waals surface area contributed by atoms with Gasteiger partial charge in [0.15, 0.2) is 11.4 Å². The lowest BCUT2D eigenvalue weighted by Gasteiger charge is -2.24. The maximum absolute atomic E-state index is 13.0. The molecule has 2 aliphatic heterocycles. The van der Waals surface area contributed by atoms with E-state index in [0.717, 1.165) is 30.3 Å². The predicted octanol–water partition coefficient (Wildman–Crippen LogP) is 2.51. The lowest BCUT2D eigenvalue weighted by Crippen LogP contribution is -2.35. The van der Waals surface area contributed by atoms with Crippen molar-refractivity contribution < 1.29 is 14.3 Å². The minimum atomic E-state index is -0.161. The predicted molar refractivity (Wildman–Crippen MR) is 112 cm³/mol. The van der Waals surface area contributed by atoms with Gasteiger partial charge < -0.3 is 15.2 Å². The molecule has 0 radical (unpaired) electrons. The molecule has 0 bridgehead atoms. The van der Waals surface area contributed by atoms with Crippen molar-refractivity contribution >= 4 is 22.9 Å². The van der Waals surface area contributed by atoms with E-state index < -0.39 is 0 Å². The second-order valence-electron chi connectivity index (χ2n) is 7.57. The molecule has 30 heavy (non-hydrogen) atoms. The van der Waals surface area contributed by atoms with E-state index in [4.69, 9.17) is 15.2 Å². The molecule has 1 atom stereocenters. The highest BCUT2D eigenvalue weighted by Crippen LogP contribution is 2.41. The van der Waals surface area contributed by atoms with Gasteiger partial charge in [0, 0.05) is 36.8 Å². The standard InChI is InChI=1S/C22H23N5O3/c1-29-18-7-6-15-20(28)19(10-17-14-5-2-8-24-22(14)26-25-17)30-21(15)16(18)12-27-9-3-4-13(27)11-23/h2,5-8,10,13H,3-4,9,11-12,23H2,1H3,(H,24,25,26)/b19-10-/t13-/m1/s1. The number of carbonyl (C=O) groups excluding carboxylic acids is 1. The first-order valence-electron chi connectivity index (χ1n) is 10.1. The lowest BCUT2D eigenvalue weighted by molar-refractivity contribution is 0.101. The van der Waals surface area contributed by atoms with E-state index in [1.165, 1.54) is 0 Å². The van der Waals surface area contributed by atoms with Crippen LogP contribution in [-0.2, 0) is 6.54 Å². The number of aromatic nitrogens is 3. The number of aromatic amines is 1. The van der Waals surface area contributed by atoms with E-state index in [9.17, 15) is 4.79 Å². The van der Waals surface area contributed by atoms with E-state index in [1.807, 2.05) is 18.2 Å². The van der Waals surface area contributed by atoms with Crippen LogP contribution in [0, 0.1) is 0 Å². The van der Waals surface area contributed by atoms with E-state index in [2.05, 4.69) is 20.1 Å². The van der Waals surface area contributed by atoms with Crippen LogP contribution in [0.1, 0.15) is 34.5 Å². The topological polar surface area (TPSA) is 106 Å². The molecule has 5 rings (SSSR count). The van der Waals surface area contributed by atoms with Crippen LogP contribution < -0.4 is 15.2 Å². The van der Waals surface area contributed by atoms with Crippen LogP contribution in [0.4, 0.5) is 0 Å². The van der Waals surface area contributed by atoms with Gasteiger partial charge in [0.2, 0.25) is 5.78 Å². The van der Waals surface area contributed by atoms with Gasteiger partial charge in [0.05, 0.1) is 23.9 Å². The van der Waals surface area contributed by atoms with Crippen LogP contribution >= 0.6 is 0 Å². The number of rotatable bonds is 5. The average Bonchev–Trinajstić information content (AvgIpc) is 3.47. The van der Waals surface area contributed by atoms with Crippen molar-refractivity contribution in [2.24, 2.45) is 5.73 Å². The van der Waals surface area contributed by atoms with Gasteiger partial charge in [0.1, 0.15) is 11.5 Å². The van der Waals surface area contributed by atoms with Crippen LogP contribution in [0.25, 0.3) is 17.1 Å². The minimum absolute atomic E-state index is 0.161. The zero-order chi connectivity index (χ0) is 20.7. The molecule has 3 N–H and O–H groups in total. The van der Waals surface area contributed by atoms with Crippen LogP contribution in [-0.4, -0.2) is 52.1 Å². The highest BCUT2D eigenvalue weighted by atomic mass is 16.5. The van der Waals surface area contributed by atoms with Crippen molar-refractivity contribution in [1.29, 1.82) is 0 Å². The van der Waals surface area contributed by atoms with Gasteiger partial charge in [0.25, 0.3) is 0 Å². The molecular weight excluding hydrogens is 382 g/mol. The zero-order valence-electron chi connectivity index (χ0n) is 16.7. The van der Waals surface area contributed by atoms with Gasteiger partial charge in [-0.1, -0.05) is 0 Å². The second kappa shape index (κ2) is 7.55. The number of ether oxygens (including phenoxy) is 2. The number of likely N-dealkylation sites (tertiary alicyclic amines) is 1. The van der Waals surface area contributed by atoms with Gasteiger partial charge in [-0.3, -0.25) is 14.8 Å². The van der Waals surface area contributed by atoms with Crippen molar-refractivity contribution in [3.05, 3.63) is 53.0 Å². The van der Waals surface area contributed by atoms with Crippen molar-refractivity contribution in [2.75, 3.05) is 20.2 Å². The Morgan fingerprint density at radius 3 is 3.13 bits per heavy atom. The third-order valence-electron chi connectivity index (χ3n) is 5.88. The number of carbonyl (C=O) groups is 1. The fraction of sp³-hybridized carbons (Fsp3) is 0.318. The second-order valence-corrected chi connectivity index (χ2v) is 7.57. The molecule has 1 fully saturated rings. The number of nitrogens with one attached hydrogen (secondary N) is 1. The summed E-state index contributed by atoms with van der Waals surface area (Å²) < 4.78 is 11.7. The number of fused-ring (bicyclic) bond motifs is 2. The summed E-state index contributed by atoms with van der Waals surface area (Å²) in [6, 6.07) is 7.66. The molecule has 3 aromatic rings. The number of ketones is 1. The molecule has 4 heterocycles. The van der Waals surface area contributed by atoms with Crippen LogP contribution in [0.15, 0.2) is 36.2 Å². The number of nitrogens with two attached hydrogens (primary N) is 1. The third-order valence-corrected chi connectivity index (χ3v) is 5.88. The summed E-state index contributed by atoms with van der Waals surface area (Å²) in [6.45, 7) is 2.21. The molecule has 1 saturated heterocycles. The Labute approximate surface area is 173 Å². The van der Waals surface area contributed by atoms with E-state index in [0.29, 0.717) is 47.5 Å². The van der Waals surface area contributed by atoms with Crippen molar-refractivity contribution in [1.82, 2.24) is 20.1 Å². The maximum atomic E-state index is 13.0. The summed E-state index contributed by atoms with van der Waals surface area (Å²) in [7, 11) is 1.63. The number of hydrogen-bond donors (Lipinski definition) is 2. The molecule has 0 aliphatic carbocycles. The molecular formula is C22H23N5O3. The number of pyridine rings is 1. The van der Waals surface area contributed by atoms with Crippen LogP contribution in [0.3, 0.4) is 0 Å². The number of nitrogens with zero attached hydrogens (tertiary/aromatic N) is 3. The Bertz CT molecular complexity index is 1150. The summed E-state index contributed by atoms with van der Waals surface area (Å²) in [5.74, 6) is 1.35. The first-order chi connectivity index (χ1) is 14.7. The third kappa shape index (κ3) is 3.05. The fourth-order valence-corrected chi connectivity index (χ4v) is 4.31. The molecule has 8 nitrogen and oxygen atoms in total. The summed E-state index contributed by atoms with van der Waals surface area (Å²) in [5.41, 5.74) is 8.64. The Morgan fingerprint density at radius 2 is 2.30 bits per heavy atom. The lowest BCUT2D eigenvalue weighted by atomic mass is 10.0. The molecule has 0 saturated carbocycles. The highest BCUT2D eigenvalue weighted by Gasteiger charge is 2.34. The van der Waals surface area contributed by atoms with Gasteiger partial charge in [-0.2, -0.15) is 5.10 Å². The minimum Gasteiger partial charge on any atom is -0.496 e. The number of Topliss-reactive ketones (excluding diaryl/α,β-unsaturated/α-hetero) is 1. The molecule has 8 heteroatoms. The van der Waals surface area contributed by atoms with Gasteiger partial charge in [-0.25, -0.2) is 4.98 Å². The van der Waals surface area contributed by atoms with Gasteiger partial charge in [-0.05, 0) is 43.7 Å². The number of hydrogen-bond acceptors (Lipinski definition) is 7. The van der Waals surface area contributed by atoms with E-state index in [1.54, 1.807) is 25.4 Å². The maximum Gasteiger partial charge on any atom is 0.232 e. The summed E-state index contributed by atoms with van der Waals surface area (Å²) in [5, 5.41) is 7.98. The van der Waals surface area contributed by atoms with Gasteiger partial charge in [-0.15, -0.1) is 0 Å². The molecule has 0 spiro atoms. The van der Waals surface area contributed by atoms with Crippen molar-refractivity contribution in [3.63, 3.8) is 0 Å². The van der Waals surface area contributed by atoms with Crippen molar-refractivity contribution in [3.8, 4) is 11.5 Å². The Balaban J connectivity index is 1.52. The average molecular weight is 405 g/mol. The first kappa shape index (κ1) is 18.8. The molecule has 0 amide bonds. The Morgan fingerprint density at radius 1 is 1.40 bits per heavy atom. The number of methoxy groups -OCH3 is 1. The largest absolute Gasteiger partial charge is 0.496 e. The summed E-state index contributed by atoms with van der Waals surface area (Å²) >= 11 is 0. The van der Waals surface area contributed by atoms with E-state index >= 15 is 0 Å². The Kier molecular flexibility index (Phi) is 4.72.